The minimum Gasteiger partial charge on any atom is -0.491 e. The summed E-state index contributed by atoms with van der Waals surface area (Å²) < 4.78 is 57.4. The van der Waals surface area contributed by atoms with Crippen molar-refractivity contribution in [2.24, 2.45) is 0 Å². The zero-order chi connectivity index (χ0) is 29.3. The van der Waals surface area contributed by atoms with Crippen molar-refractivity contribution < 1.29 is 32.2 Å². The number of methoxy groups -OCH3 is 1. The summed E-state index contributed by atoms with van der Waals surface area (Å²) >= 11 is 0. The van der Waals surface area contributed by atoms with Gasteiger partial charge in [-0.2, -0.15) is 23.1 Å². The molecule has 0 atom stereocenters. The van der Waals surface area contributed by atoms with E-state index >= 15 is 0 Å². The second-order valence-corrected chi connectivity index (χ2v) is 10.6. The average molecular weight is 590 g/mol. The van der Waals surface area contributed by atoms with E-state index in [2.05, 4.69) is 30.5 Å². The highest BCUT2D eigenvalue weighted by Gasteiger charge is 2.36. The van der Waals surface area contributed by atoms with Crippen LogP contribution in [0.4, 0.5) is 30.6 Å². The van der Waals surface area contributed by atoms with Gasteiger partial charge in [-0.15, -0.1) is 0 Å². The maximum Gasteiger partial charge on any atom is 0.418 e. The Bertz CT molecular complexity index is 1430. The number of ether oxygens (including phenoxy) is 3. The quantitative estimate of drug-likeness (QED) is 0.339. The van der Waals surface area contributed by atoms with Gasteiger partial charge >= 0.3 is 6.18 Å². The smallest absolute Gasteiger partial charge is 0.418 e. The number of carbonyl (C=O) groups is 1. The van der Waals surface area contributed by atoms with Gasteiger partial charge in [0, 0.05) is 69.6 Å². The van der Waals surface area contributed by atoms with Crippen molar-refractivity contribution in [3.63, 3.8) is 0 Å². The van der Waals surface area contributed by atoms with Crippen molar-refractivity contribution in [1.82, 2.24) is 24.8 Å². The lowest BCUT2D eigenvalue weighted by Crippen LogP contribution is -2.50. The Balaban J connectivity index is 1.22. The van der Waals surface area contributed by atoms with Crippen molar-refractivity contribution in [2.75, 3.05) is 76.9 Å². The SMILES string of the molecule is COCCNc1nc(Nc2ccc(C(=O)N3CCC(N4CCOCC4)CC3)c3c2OCC3)nc2[nH]cc(C(F)(F)F)c12. The summed E-state index contributed by atoms with van der Waals surface area (Å²) in [5, 5.41) is 5.88. The van der Waals surface area contributed by atoms with Crippen LogP contribution in [0.1, 0.15) is 34.3 Å². The number of hydrogen-bond acceptors (Lipinski definition) is 9. The molecular weight excluding hydrogens is 555 g/mol. The number of aromatic nitrogens is 3. The van der Waals surface area contributed by atoms with Gasteiger partial charge in [0.15, 0.2) is 0 Å². The first kappa shape index (κ1) is 28.5. The fourth-order valence-electron chi connectivity index (χ4n) is 5.97. The molecule has 0 unspecified atom stereocenters. The highest BCUT2D eigenvalue weighted by atomic mass is 19.4. The number of halogens is 3. The third-order valence-corrected chi connectivity index (χ3v) is 8.09. The molecule has 226 valence electrons. The highest BCUT2D eigenvalue weighted by Crippen LogP contribution is 2.40. The molecule has 14 heteroatoms. The second-order valence-electron chi connectivity index (χ2n) is 10.6. The van der Waals surface area contributed by atoms with Crippen LogP contribution in [-0.2, 0) is 22.1 Å². The standard InChI is InChI=1S/C28H34F3N7O4/c1-40-13-7-32-24-22-20(28(29,30)31)16-33-25(22)36-27(35-24)34-21-3-2-19(18-6-12-42-23(18)21)26(39)38-8-4-17(5-9-38)37-10-14-41-15-11-37/h2-3,16-17H,4-15H2,1H3,(H3,32,33,34,35,36). The molecule has 2 fully saturated rings. The van der Waals surface area contributed by atoms with Crippen LogP contribution < -0.4 is 15.4 Å². The first-order chi connectivity index (χ1) is 20.3. The van der Waals surface area contributed by atoms with Gasteiger partial charge in [-0.05, 0) is 25.0 Å². The highest BCUT2D eigenvalue weighted by molar-refractivity contribution is 5.98. The van der Waals surface area contributed by atoms with Crippen LogP contribution in [0.3, 0.4) is 0 Å². The number of morpholine rings is 1. The lowest BCUT2D eigenvalue weighted by molar-refractivity contribution is -0.136. The first-order valence-corrected chi connectivity index (χ1v) is 14.2. The number of anilines is 3. The van der Waals surface area contributed by atoms with Crippen molar-refractivity contribution >= 4 is 34.4 Å². The summed E-state index contributed by atoms with van der Waals surface area (Å²) in [5.74, 6) is 0.624. The normalized spacial score (nSPS) is 18.2. The number of hydrogen-bond donors (Lipinski definition) is 3. The van der Waals surface area contributed by atoms with E-state index in [9.17, 15) is 18.0 Å². The van der Waals surface area contributed by atoms with Crippen LogP contribution in [0.25, 0.3) is 11.0 Å². The number of benzene rings is 1. The van der Waals surface area contributed by atoms with Gasteiger partial charge in [-0.3, -0.25) is 9.69 Å². The number of nitrogens with zero attached hydrogens (tertiary/aromatic N) is 4. The molecule has 0 bridgehead atoms. The Labute approximate surface area is 240 Å². The van der Waals surface area contributed by atoms with Crippen molar-refractivity contribution in [1.29, 1.82) is 0 Å². The van der Waals surface area contributed by atoms with Gasteiger partial charge in [0.2, 0.25) is 5.95 Å². The molecular formula is C28H34F3N7O4. The summed E-state index contributed by atoms with van der Waals surface area (Å²) in [4.78, 5) is 29.3. The number of alkyl halides is 3. The number of nitrogens with one attached hydrogen (secondary N) is 3. The van der Waals surface area contributed by atoms with Crippen molar-refractivity contribution in [2.45, 2.75) is 31.5 Å². The molecule has 3 N–H and O–H groups in total. The third-order valence-electron chi connectivity index (χ3n) is 8.09. The molecule has 3 aliphatic rings. The molecule has 0 saturated carbocycles. The number of fused-ring (bicyclic) bond motifs is 2. The molecule has 0 radical (unpaired) electrons. The van der Waals surface area contributed by atoms with Crippen LogP contribution in [0, 0.1) is 0 Å². The van der Waals surface area contributed by atoms with Crippen LogP contribution in [0.5, 0.6) is 5.75 Å². The summed E-state index contributed by atoms with van der Waals surface area (Å²) in [7, 11) is 1.50. The van der Waals surface area contributed by atoms with Crippen LogP contribution in [0.2, 0.25) is 0 Å². The number of carbonyl (C=O) groups excluding carboxylic acids is 1. The van der Waals surface area contributed by atoms with E-state index in [0.29, 0.717) is 49.2 Å². The maximum absolute atomic E-state index is 13.7. The van der Waals surface area contributed by atoms with E-state index in [4.69, 9.17) is 14.2 Å². The molecule has 0 aliphatic carbocycles. The number of piperidine rings is 1. The third kappa shape index (κ3) is 5.70. The summed E-state index contributed by atoms with van der Waals surface area (Å²) in [6.45, 7) is 5.73. The number of H-pyrrole nitrogens is 1. The van der Waals surface area contributed by atoms with E-state index in [1.807, 2.05) is 4.90 Å². The summed E-state index contributed by atoms with van der Waals surface area (Å²) in [6.07, 6.45) is -1.26. The van der Waals surface area contributed by atoms with E-state index in [-0.39, 0.29) is 41.9 Å². The largest absolute Gasteiger partial charge is 0.491 e. The van der Waals surface area contributed by atoms with Gasteiger partial charge in [0.1, 0.15) is 17.2 Å². The Morgan fingerprint density at radius 2 is 1.93 bits per heavy atom. The fraction of sp³-hybridized carbons (Fsp3) is 0.536. The van der Waals surface area contributed by atoms with Gasteiger partial charge < -0.3 is 34.7 Å². The topological polar surface area (TPSA) is 117 Å². The minimum atomic E-state index is -4.58. The van der Waals surface area contributed by atoms with Gasteiger partial charge in [0.05, 0.1) is 43.1 Å². The maximum atomic E-state index is 13.7. The van der Waals surface area contributed by atoms with Crippen LogP contribution >= 0.6 is 0 Å². The molecule has 2 saturated heterocycles. The molecule has 1 amide bonds. The summed E-state index contributed by atoms with van der Waals surface area (Å²) in [5.41, 5.74) is 1.12. The van der Waals surface area contributed by atoms with E-state index in [1.165, 1.54) is 7.11 Å². The molecule has 0 spiro atoms. The zero-order valence-corrected chi connectivity index (χ0v) is 23.4. The molecule has 5 heterocycles. The fourth-order valence-corrected chi connectivity index (χ4v) is 5.97. The molecule has 2 aromatic heterocycles. The predicted octanol–water partition coefficient (Wildman–Crippen LogP) is 3.65. The minimum absolute atomic E-state index is 0.0166. The van der Waals surface area contributed by atoms with Gasteiger partial charge in [-0.25, -0.2) is 0 Å². The molecule has 6 rings (SSSR count). The average Bonchev–Trinajstić information content (AvgIpc) is 3.66. The lowest BCUT2D eigenvalue weighted by atomic mass is 9.99. The van der Waals surface area contributed by atoms with Crippen molar-refractivity contribution in [3.05, 3.63) is 35.0 Å². The predicted molar refractivity (Wildman–Crippen MR) is 149 cm³/mol. The zero-order valence-electron chi connectivity index (χ0n) is 23.4. The van der Waals surface area contributed by atoms with E-state index < -0.39 is 11.7 Å². The van der Waals surface area contributed by atoms with E-state index in [0.717, 1.165) is 50.9 Å². The molecule has 11 nitrogen and oxygen atoms in total. The Morgan fingerprint density at radius 3 is 2.67 bits per heavy atom. The Morgan fingerprint density at radius 1 is 1.14 bits per heavy atom. The monoisotopic (exact) mass is 589 g/mol. The Kier molecular flexibility index (Phi) is 8.10. The first-order valence-electron chi connectivity index (χ1n) is 14.2. The van der Waals surface area contributed by atoms with Crippen molar-refractivity contribution in [3.8, 4) is 5.75 Å². The molecule has 3 aromatic rings. The van der Waals surface area contributed by atoms with Crippen LogP contribution in [0.15, 0.2) is 18.3 Å². The number of rotatable bonds is 8. The van der Waals surface area contributed by atoms with Gasteiger partial charge in [-0.1, -0.05) is 0 Å². The van der Waals surface area contributed by atoms with Gasteiger partial charge in [0.25, 0.3) is 5.91 Å². The molecule has 3 aliphatic heterocycles. The summed E-state index contributed by atoms with van der Waals surface area (Å²) in [6, 6.07) is 3.98. The molecule has 42 heavy (non-hydrogen) atoms. The number of amides is 1. The second kappa shape index (κ2) is 11.9. The van der Waals surface area contributed by atoms with Crippen LogP contribution in [-0.4, -0.2) is 103 Å². The number of aromatic amines is 1. The number of likely N-dealkylation sites (tertiary alicyclic amines) is 1. The molecule has 1 aromatic carbocycles. The lowest BCUT2D eigenvalue weighted by Gasteiger charge is -2.40. The van der Waals surface area contributed by atoms with E-state index in [1.54, 1.807) is 12.1 Å². The Hall–Kier alpha value is -3.62.